The van der Waals surface area contributed by atoms with Crippen molar-refractivity contribution in [3.63, 3.8) is 0 Å². The van der Waals surface area contributed by atoms with Gasteiger partial charge in [0.2, 0.25) is 5.91 Å². The average molecular weight is 674 g/mol. The molecule has 1 amide bonds. The van der Waals surface area contributed by atoms with E-state index in [1.165, 1.54) is 116 Å². The number of allylic oxidation sites excluding steroid dienone is 7. The Kier molecular flexibility index (Phi) is 36.8. The largest absolute Gasteiger partial charge is 0.394 e. The van der Waals surface area contributed by atoms with E-state index in [1.807, 2.05) is 6.08 Å². The van der Waals surface area contributed by atoms with Crippen LogP contribution >= 0.6 is 0 Å². The van der Waals surface area contributed by atoms with Gasteiger partial charge in [0.1, 0.15) is 0 Å². The number of hydrogen-bond acceptors (Lipinski definition) is 4. The van der Waals surface area contributed by atoms with Crippen molar-refractivity contribution >= 4 is 5.91 Å². The van der Waals surface area contributed by atoms with Crippen LogP contribution < -0.4 is 5.32 Å². The average Bonchev–Trinajstić information content (AvgIpc) is 3.08. The van der Waals surface area contributed by atoms with Gasteiger partial charge in [-0.05, 0) is 70.6 Å². The molecule has 3 unspecified atom stereocenters. The Morgan fingerprint density at radius 3 is 1.33 bits per heavy atom. The molecule has 0 bridgehead atoms. The maximum Gasteiger partial charge on any atom is 0.222 e. The van der Waals surface area contributed by atoms with E-state index in [0.29, 0.717) is 6.42 Å². The van der Waals surface area contributed by atoms with Crippen molar-refractivity contribution in [3.8, 4) is 0 Å². The predicted octanol–water partition coefficient (Wildman–Crippen LogP) is 11.4. The smallest absolute Gasteiger partial charge is 0.222 e. The summed E-state index contributed by atoms with van der Waals surface area (Å²) in [7, 11) is 0. The van der Waals surface area contributed by atoms with E-state index in [4.69, 9.17) is 0 Å². The maximum absolute atomic E-state index is 12.4. The molecule has 0 saturated carbocycles. The van der Waals surface area contributed by atoms with Crippen molar-refractivity contribution in [2.24, 2.45) is 0 Å². The second kappa shape index (κ2) is 38.1. The second-order valence-corrected chi connectivity index (χ2v) is 13.9. The van der Waals surface area contributed by atoms with Gasteiger partial charge in [0.15, 0.2) is 0 Å². The van der Waals surface area contributed by atoms with Gasteiger partial charge in [-0.15, -0.1) is 0 Å². The van der Waals surface area contributed by atoms with Gasteiger partial charge in [-0.1, -0.05) is 165 Å². The first-order valence-electron chi connectivity index (χ1n) is 20.4. The minimum Gasteiger partial charge on any atom is -0.394 e. The summed E-state index contributed by atoms with van der Waals surface area (Å²) in [6.45, 7) is 4.17. The van der Waals surface area contributed by atoms with Gasteiger partial charge >= 0.3 is 0 Å². The van der Waals surface area contributed by atoms with Crippen LogP contribution in [0.25, 0.3) is 0 Å². The van der Waals surface area contributed by atoms with E-state index in [-0.39, 0.29) is 18.9 Å². The van der Waals surface area contributed by atoms with E-state index in [2.05, 4.69) is 55.6 Å². The lowest BCUT2D eigenvalue weighted by molar-refractivity contribution is -0.124. The molecule has 0 aliphatic carbocycles. The van der Waals surface area contributed by atoms with Gasteiger partial charge < -0.3 is 20.6 Å². The fourth-order valence-electron chi connectivity index (χ4n) is 5.89. The normalized spacial score (nSPS) is 14.2. The molecule has 0 radical (unpaired) electrons. The summed E-state index contributed by atoms with van der Waals surface area (Å²) in [6.07, 6.45) is 48.1. The molecule has 5 nitrogen and oxygen atoms in total. The Bertz CT molecular complexity index is 790. The number of rotatable bonds is 36. The van der Waals surface area contributed by atoms with Crippen LogP contribution in [0.5, 0.6) is 0 Å². The van der Waals surface area contributed by atoms with E-state index in [1.54, 1.807) is 6.08 Å². The standard InChI is InChI=1S/C43H79NO4/c1-3-5-7-9-11-13-15-17-19-20-21-23-25-27-29-31-33-35-37-42(47)41(39-45)44-43(48)38-40(46)36-34-32-30-28-26-24-22-18-16-14-12-10-8-6-4-2/h18,20-22,27,29,35,37,40-42,45-47H,3-17,19,23-26,28,30-34,36,38-39H2,1-2H3,(H,44,48)/b21-20+,22-18-,29-27+,37-35+. The SMILES string of the molecule is CCCCCCCC/C=C\CCCCCCCC(O)CC(=O)NC(CO)C(O)/C=C/CC/C=C/CC/C=C/CCCCCCCCCC. The number of amides is 1. The Labute approximate surface area is 297 Å². The summed E-state index contributed by atoms with van der Waals surface area (Å²) < 4.78 is 0. The summed E-state index contributed by atoms with van der Waals surface area (Å²) in [5.74, 6) is -0.337. The minimum absolute atomic E-state index is 0.00445. The van der Waals surface area contributed by atoms with Crippen molar-refractivity contribution in [2.75, 3.05) is 6.61 Å². The third-order valence-corrected chi connectivity index (χ3v) is 9.07. The van der Waals surface area contributed by atoms with Crippen molar-refractivity contribution < 1.29 is 20.1 Å². The summed E-state index contributed by atoms with van der Waals surface area (Å²) in [6, 6.07) is -0.770. The van der Waals surface area contributed by atoms with Crippen molar-refractivity contribution in [1.29, 1.82) is 0 Å². The van der Waals surface area contributed by atoms with Crippen molar-refractivity contribution in [3.05, 3.63) is 48.6 Å². The zero-order valence-corrected chi connectivity index (χ0v) is 31.6. The van der Waals surface area contributed by atoms with Crippen LogP contribution in [0.2, 0.25) is 0 Å². The molecule has 0 aliphatic heterocycles. The Morgan fingerprint density at radius 1 is 0.521 bits per heavy atom. The first-order valence-corrected chi connectivity index (χ1v) is 20.4. The molecule has 0 saturated heterocycles. The van der Waals surface area contributed by atoms with Crippen molar-refractivity contribution in [1.82, 2.24) is 5.32 Å². The van der Waals surface area contributed by atoms with E-state index >= 15 is 0 Å². The molecular weight excluding hydrogens is 594 g/mol. The first-order chi connectivity index (χ1) is 23.5. The summed E-state index contributed by atoms with van der Waals surface area (Å²) in [5.41, 5.74) is 0. The fraction of sp³-hybridized carbons (Fsp3) is 0.791. The van der Waals surface area contributed by atoms with Crippen LogP contribution in [-0.2, 0) is 4.79 Å². The lowest BCUT2D eigenvalue weighted by Gasteiger charge is -2.20. The Balaban J connectivity index is 3.80. The first kappa shape index (κ1) is 46.3. The molecule has 5 heteroatoms. The van der Waals surface area contributed by atoms with Gasteiger partial charge in [-0.25, -0.2) is 0 Å². The molecule has 0 aromatic heterocycles. The molecule has 0 aromatic rings. The number of nitrogens with one attached hydrogen (secondary N) is 1. The van der Waals surface area contributed by atoms with Crippen LogP contribution in [0.4, 0.5) is 0 Å². The van der Waals surface area contributed by atoms with Gasteiger partial charge in [0.25, 0.3) is 0 Å². The Morgan fingerprint density at radius 2 is 0.896 bits per heavy atom. The topological polar surface area (TPSA) is 89.8 Å². The summed E-state index contributed by atoms with van der Waals surface area (Å²) >= 11 is 0. The number of unbranched alkanes of at least 4 members (excludes halogenated alkanes) is 21. The van der Waals surface area contributed by atoms with E-state index < -0.39 is 18.2 Å². The molecule has 0 spiro atoms. The van der Waals surface area contributed by atoms with Gasteiger partial charge in [-0.2, -0.15) is 0 Å². The quantitative estimate of drug-likeness (QED) is 0.0393. The minimum atomic E-state index is -0.961. The molecule has 0 heterocycles. The van der Waals surface area contributed by atoms with Gasteiger partial charge in [0.05, 0.1) is 31.3 Å². The monoisotopic (exact) mass is 674 g/mol. The summed E-state index contributed by atoms with van der Waals surface area (Å²) in [4.78, 5) is 12.4. The molecule has 4 N–H and O–H groups in total. The van der Waals surface area contributed by atoms with Crippen LogP contribution in [-0.4, -0.2) is 46.1 Å². The van der Waals surface area contributed by atoms with Crippen LogP contribution in [0.3, 0.4) is 0 Å². The van der Waals surface area contributed by atoms with E-state index in [9.17, 15) is 20.1 Å². The third kappa shape index (κ3) is 34.2. The second-order valence-electron chi connectivity index (χ2n) is 13.9. The van der Waals surface area contributed by atoms with Gasteiger partial charge in [-0.3, -0.25) is 4.79 Å². The predicted molar refractivity (Wildman–Crippen MR) is 208 cm³/mol. The number of carbonyl (C=O) groups excluding carboxylic acids is 1. The highest BCUT2D eigenvalue weighted by Gasteiger charge is 2.20. The number of carbonyl (C=O) groups is 1. The highest BCUT2D eigenvalue weighted by Crippen LogP contribution is 2.13. The molecule has 280 valence electrons. The number of hydrogen-bond donors (Lipinski definition) is 4. The van der Waals surface area contributed by atoms with Crippen LogP contribution in [0, 0.1) is 0 Å². The molecule has 3 atom stereocenters. The van der Waals surface area contributed by atoms with Crippen LogP contribution in [0.1, 0.15) is 194 Å². The zero-order valence-electron chi connectivity index (χ0n) is 31.6. The van der Waals surface area contributed by atoms with Gasteiger partial charge in [0, 0.05) is 0 Å². The maximum atomic E-state index is 12.4. The fourth-order valence-corrected chi connectivity index (χ4v) is 5.89. The lowest BCUT2D eigenvalue weighted by Crippen LogP contribution is -2.45. The zero-order chi connectivity index (χ0) is 35.2. The Hall–Kier alpha value is -1.69. The van der Waals surface area contributed by atoms with Crippen molar-refractivity contribution in [2.45, 2.75) is 212 Å². The molecule has 0 rings (SSSR count). The molecule has 48 heavy (non-hydrogen) atoms. The highest BCUT2D eigenvalue weighted by atomic mass is 16.3. The van der Waals surface area contributed by atoms with E-state index in [0.717, 1.165) is 51.4 Å². The third-order valence-electron chi connectivity index (χ3n) is 9.07. The summed E-state index contributed by atoms with van der Waals surface area (Å²) in [5, 5.41) is 33.1. The number of aliphatic hydroxyl groups is 3. The van der Waals surface area contributed by atoms with Crippen LogP contribution in [0.15, 0.2) is 48.6 Å². The highest BCUT2D eigenvalue weighted by molar-refractivity contribution is 5.76. The lowest BCUT2D eigenvalue weighted by atomic mass is 10.0. The molecular formula is C43H79NO4. The molecule has 0 aliphatic rings. The molecule has 0 aromatic carbocycles. The molecule has 0 fully saturated rings. The number of aliphatic hydroxyl groups excluding tert-OH is 3.